The van der Waals surface area contributed by atoms with Crippen LogP contribution in [0.1, 0.15) is 226 Å². The molecular formula is C42H78O4. The molecule has 0 aromatic heterocycles. The van der Waals surface area contributed by atoms with Crippen molar-refractivity contribution in [1.29, 1.82) is 0 Å². The summed E-state index contributed by atoms with van der Waals surface area (Å²) < 4.78 is 5.95. The quantitative estimate of drug-likeness (QED) is 0.0414. The molecule has 0 radical (unpaired) electrons. The van der Waals surface area contributed by atoms with Gasteiger partial charge in [-0.15, -0.1) is 0 Å². The molecule has 46 heavy (non-hydrogen) atoms. The Morgan fingerprint density at radius 3 is 1.35 bits per heavy atom. The summed E-state index contributed by atoms with van der Waals surface area (Å²) in [5.74, 6) is -0.758. The van der Waals surface area contributed by atoms with E-state index >= 15 is 0 Å². The van der Waals surface area contributed by atoms with Crippen molar-refractivity contribution in [3.05, 3.63) is 24.3 Å². The number of carboxylic acid groups (broad SMARTS) is 1. The number of ether oxygens (including phenoxy) is 1. The predicted octanol–water partition coefficient (Wildman–Crippen LogP) is 14.0. The van der Waals surface area contributed by atoms with Crippen LogP contribution in [0.3, 0.4) is 0 Å². The second-order valence-electron chi connectivity index (χ2n) is 13.8. The first kappa shape index (κ1) is 44.4. The maximum atomic E-state index is 12.6. The largest absolute Gasteiger partial charge is 0.481 e. The zero-order chi connectivity index (χ0) is 33.6. The van der Waals surface area contributed by atoms with Gasteiger partial charge in [0.05, 0.1) is 0 Å². The molecular weight excluding hydrogens is 568 g/mol. The zero-order valence-electron chi connectivity index (χ0n) is 30.9. The minimum atomic E-state index is -0.723. The SMILES string of the molecule is CCCCC/C=C\C/C=C\CCCCCCCCCC(=O)OC(CCCCCCCCCCCCCCC)CCCCCC(=O)O. The number of aliphatic carboxylic acids is 1. The van der Waals surface area contributed by atoms with Gasteiger partial charge in [0.25, 0.3) is 0 Å². The first-order chi connectivity index (χ1) is 22.6. The van der Waals surface area contributed by atoms with Crippen LogP contribution >= 0.6 is 0 Å². The van der Waals surface area contributed by atoms with Crippen molar-refractivity contribution >= 4 is 11.9 Å². The van der Waals surface area contributed by atoms with Gasteiger partial charge in [-0.25, -0.2) is 0 Å². The van der Waals surface area contributed by atoms with E-state index in [0.717, 1.165) is 51.4 Å². The highest BCUT2D eigenvalue weighted by Gasteiger charge is 2.14. The highest BCUT2D eigenvalue weighted by atomic mass is 16.5. The minimum Gasteiger partial charge on any atom is -0.481 e. The smallest absolute Gasteiger partial charge is 0.306 e. The van der Waals surface area contributed by atoms with E-state index in [1.807, 2.05) is 0 Å². The summed E-state index contributed by atoms with van der Waals surface area (Å²) in [6.45, 7) is 4.53. The Balaban J connectivity index is 3.93. The van der Waals surface area contributed by atoms with Crippen molar-refractivity contribution in [1.82, 2.24) is 0 Å². The van der Waals surface area contributed by atoms with Crippen LogP contribution < -0.4 is 0 Å². The third kappa shape index (κ3) is 36.9. The zero-order valence-corrected chi connectivity index (χ0v) is 30.9. The van der Waals surface area contributed by atoms with Crippen LogP contribution in [-0.4, -0.2) is 23.1 Å². The van der Waals surface area contributed by atoms with Gasteiger partial charge in [0.2, 0.25) is 0 Å². The van der Waals surface area contributed by atoms with Gasteiger partial charge in [-0.1, -0.05) is 167 Å². The fraction of sp³-hybridized carbons (Fsp3) is 0.857. The number of carboxylic acids is 1. The molecule has 0 heterocycles. The van der Waals surface area contributed by atoms with E-state index in [1.165, 1.54) is 141 Å². The average Bonchev–Trinajstić information content (AvgIpc) is 3.04. The molecule has 0 aliphatic heterocycles. The maximum Gasteiger partial charge on any atom is 0.306 e. The number of unbranched alkanes of at least 4 members (excludes halogenated alkanes) is 24. The molecule has 0 rings (SSSR count). The molecule has 0 aliphatic carbocycles. The van der Waals surface area contributed by atoms with E-state index in [1.54, 1.807) is 0 Å². The van der Waals surface area contributed by atoms with Gasteiger partial charge in [0.1, 0.15) is 6.10 Å². The van der Waals surface area contributed by atoms with Crippen molar-refractivity contribution < 1.29 is 19.4 Å². The summed E-state index contributed by atoms with van der Waals surface area (Å²) in [7, 11) is 0. The molecule has 0 saturated carbocycles. The molecule has 0 fully saturated rings. The molecule has 0 aromatic rings. The van der Waals surface area contributed by atoms with Gasteiger partial charge < -0.3 is 9.84 Å². The molecule has 1 N–H and O–H groups in total. The predicted molar refractivity (Wildman–Crippen MR) is 200 cm³/mol. The number of hydrogen-bond acceptors (Lipinski definition) is 3. The number of carbonyl (C=O) groups is 2. The lowest BCUT2D eigenvalue weighted by Gasteiger charge is -2.18. The fourth-order valence-electron chi connectivity index (χ4n) is 6.16. The molecule has 4 nitrogen and oxygen atoms in total. The van der Waals surface area contributed by atoms with Gasteiger partial charge in [0.15, 0.2) is 0 Å². The third-order valence-electron chi connectivity index (χ3n) is 9.18. The van der Waals surface area contributed by atoms with Crippen molar-refractivity contribution in [2.24, 2.45) is 0 Å². The Morgan fingerprint density at radius 2 is 0.848 bits per heavy atom. The number of rotatable bonds is 37. The van der Waals surface area contributed by atoms with E-state index in [0.29, 0.717) is 12.8 Å². The van der Waals surface area contributed by atoms with Crippen LogP contribution in [0.4, 0.5) is 0 Å². The summed E-state index contributed by atoms with van der Waals surface area (Å²) in [6.07, 6.45) is 47.6. The lowest BCUT2D eigenvalue weighted by molar-refractivity contribution is -0.150. The Bertz CT molecular complexity index is 698. The Morgan fingerprint density at radius 1 is 0.478 bits per heavy atom. The Hall–Kier alpha value is -1.58. The summed E-state index contributed by atoms with van der Waals surface area (Å²) in [6, 6.07) is 0. The van der Waals surface area contributed by atoms with Crippen LogP contribution in [0.2, 0.25) is 0 Å². The molecule has 1 atom stereocenters. The minimum absolute atomic E-state index is 0.000836. The Labute approximate surface area is 287 Å². The molecule has 1 unspecified atom stereocenters. The first-order valence-electron chi connectivity index (χ1n) is 20.3. The van der Waals surface area contributed by atoms with Crippen molar-refractivity contribution in [2.45, 2.75) is 232 Å². The summed E-state index contributed by atoms with van der Waals surface area (Å²) >= 11 is 0. The molecule has 0 bridgehead atoms. The number of carbonyl (C=O) groups excluding carboxylic acids is 1. The van der Waals surface area contributed by atoms with Crippen LogP contribution in [-0.2, 0) is 14.3 Å². The monoisotopic (exact) mass is 647 g/mol. The lowest BCUT2D eigenvalue weighted by Crippen LogP contribution is -2.18. The highest BCUT2D eigenvalue weighted by molar-refractivity contribution is 5.69. The second kappa shape index (κ2) is 37.9. The molecule has 0 amide bonds. The Kier molecular flexibility index (Phi) is 36.6. The maximum absolute atomic E-state index is 12.6. The van der Waals surface area contributed by atoms with Crippen molar-refractivity contribution in [2.75, 3.05) is 0 Å². The average molecular weight is 647 g/mol. The van der Waals surface area contributed by atoms with Crippen molar-refractivity contribution in [3.63, 3.8) is 0 Å². The second-order valence-corrected chi connectivity index (χ2v) is 13.8. The third-order valence-corrected chi connectivity index (χ3v) is 9.18. The van der Waals surface area contributed by atoms with E-state index in [-0.39, 0.29) is 18.5 Å². The first-order valence-corrected chi connectivity index (χ1v) is 20.3. The highest BCUT2D eigenvalue weighted by Crippen LogP contribution is 2.19. The van der Waals surface area contributed by atoms with Gasteiger partial charge >= 0.3 is 11.9 Å². The van der Waals surface area contributed by atoms with Gasteiger partial charge in [0, 0.05) is 12.8 Å². The van der Waals surface area contributed by atoms with Gasteiger partial charge in [-0.3, -0.25) is 9.59 Å². The molecule has 4 heteroatoms. The number of esters is 1. The van der Waals surface area contributed by atoms with Crippen LogP contribution in [0.5, 0.6) is 0 Å². The lowest BCUT2D eigenvalue weighted by atomic mass is 10.0. The fourth-order valence-corrected chi connectivity index (χ4v) is 6.16. The number of hydrogen-bond donors (Lipinski definition) is 1. The molecule has 0 saturated heterocycles. The summed E-state index contributed by atoms with van der Waals surface area (Å²) in [4.78, 5) is 23.4. The standard InChI is InChI=1S/C42H78O4/c1-3-5-7-9-11-13-15-17-18-19-20-22-24-26-28-30-35-39-42(45)46-40(37-33-31-34-38-41(43)44)36-32-29-27-25-23-21-16-14-12-10-8-6-4-2/h11,13,17-18,40H,3-10,12,14-16,19-39H2,1-2H3,(H,43,44)/b13-11-,18-17-. The van der Waals surface area contributed by atoms with E-state index in [4.69, 9.17) is 9.84 Å². The topological polar surface area (TPSA) is 63.6 Å². The molecule has 270 valence electrons. The van der Waals surface area contributed by atoms with E-state index in [9.17, 15) is 9.59 Å². The molecule has 0 aliphatic rings. The summed E-state index contributed by atoms with van der Waals surface area (Å²) in [5, 5.41) is 8.90. The van der Waals surface area contributed by atoms with E-state index in [2.05, 4.69) is 38.2 Å². The van der Waals surface area contributed by atoms with Crippen LogP contribution in [0, 0.1) is 0 Å². The van der Waals surface area contributed by atoms with Crippen LogP contribution in [0.15, 0.2) is 24.3 Å². The van der Waals surface area contributed by atoms with E-state index < -0.39 is 5.97 Å². The normalized spacial score (nSPS) is 12.4. The molecule has 0 spiro atoms. The van der Waals surface area contributed by atoms with Gasteiger partial charge in [-0.05, 0) is 70.6 Å². The summed E-state index contributed by atoms with van der Waals surface area (Å²) in [5.41, 5.74) is 0. The van der Waals surface area contributed by atoms with Crippen LogP contribution in [0.25, 0.3) is 0 Å². The molecule has 0 aromatic carbocycles. The van der Waals surface area contributed by atoms with Gasteiger partial charge in [-0.2, -0.15) is 0 Å². The number of allylic oxidation sites excluding steroid dienone is 4. The van der Waals surface area contributed by atoms with Crippen molar-refractivity contribution in [3.8, 4) is 0 Å².